The zero-order valence-corrected chi connectivity index (χ0v) is 14.9. The third kappa shape index (κ3) is 4.38. The van der Waals surface area contributed by atoms with Gasteiger partial charge in [-0.25, -0.2) is 0 Å². The molecule has 0 saturated carbocycles. The number of rotatable bonds is 3. The first kappa shape index (κ1) is 17.8. The summed E-state index contributed by atoms with van der Waals surface area (Å²) in [4.78, 5) is 0. The van der Waals surface area contributed by atoms with Crippen molar-refractivity contribution < 1.29 is 0 Å². The summed E-state index contributed by atoms with van der Waals surface area (Å²) >= 11 is -1.39. The molecule has 21 heavy (non-hydrogen) atoms. The molecule has 0 aliphatic carbocycles. The molecule has 0 spiro atoms. The quantitative estimate of drug-likeness (QED) is 0.614. The van der Waals surface area contributed by atoms with Gasteiger partial charge in [-0.15, -0.1) is 24.8 Å². The first-order valence-electron chi connectivity index (χ1n) is 6.40. The van der Waals surface area contributed by atoms with Crippen molar-refractivity contribution in [2.24, 2.45) is 0 Å². The molecule has 0 N–H and O–H groups in total. The van der Waals surface area contributed by atoms with Crippen LogP contribution in [0.3, 0.4) is 0 Å². The van der Waals surface area contributed by atoms with Crippen LogP contribution in [-0.2, 0) is 0 Å². The van der Waals surface area contributed by atoms with E-state index in [1.165, 1.54) is 13.1 Å². The maximum absolute atomic E-state index is 2.26. The van der Waals surface area contributed by atoms with E-state index in [1.54, 1.807) is 0 Å². The molecule has 0 atom stereocenters. The van der Waals surface area contributed by atoms with Crippen LogP contribution in [0.15, 0.2) is 91.0 Å². The topological polar surface area (TPSA) is 0 Å². The first-order chi connectivity index (χ1) is 9.45. The van der Waals surface area contributed by atoms with Crippen molar-refractivity contribution in [3.63, 3.8) is 0 Å². The predicted octanol–water partition coefficient (Wildman–Crippen LogP) is 3.05. The normalized spacial score (nSPS) is 9.57. The average molecular weight is 379 g/mol. The fourth-order valence-corrected chi connectivity index (χ4v) is 7.02. The van der Waals surface area contributed by atoms with Crippen LogP contribution in [0.5, 0.6) is 0 Å². The van der Waals surface area contributed by atoms with Crippen LogP contribution in [0.4, 0.5) is 0 Å². The number of hydrogen-bond acceptors (Lipinski definition) is 0. The van der Waals surface area contributed by atoms with Gasteiger partial charge in [-0.1, -0.05) is 0 Å². The molecule has 0 unspecified atom stereocenters. The molecule has 0 saturated heterocycles. The van der Waals surface area contributed by atoms with Crippen molar-refractivity contribution in [3.8, 4) is 0 Å². The predicted molar refractivity (Wildman–Crippen MR) is 98.5 cm³/mol. The molecule has 3 heteroatoms. The fraction of sp³-hybridized carbons (Fsp3) is 0. The van der Waals surface area contributed by atoms with Gasteiger partial charge in [0, 0.05) is 0 Å². The Hall–Kier alpha value is -1.20. The Balaban J connectivity index is 0.00000110. The van der Waals surface area contributed by atoms with E-state index in [0.29, 0.717) is 0 Å². The fourth-order valence-electron chi connectivity index (χ4n) is 2.18. The Morgan fingerprint density at radius 2 is 0.619 bits per heavy atom. The van der Waals surface area contributed by atoms with Gasteiger partial charge in [0.2, 0.25) is 0 Å². The minimum atomic E-state index is -1.39. The molecular weight excluding hydrogens is 362 g/mol. The Morgan fingerprint density at radius 1 is 0.381 bits per heavy atom. The van der Waals surface area contributed by atoms with Gasteiger partial charge < -0.3 is 0 Å². The Morgan fingerprint density at radius 3 is 0.857 bits per heavy atom. The second kappa shape index (κ2) is 8.95. The SMILES string of the molecule is Cl.Cl.c1ccc([As](c2ccccc2)c2ccccc2)cc1. The summed E-state index contributed by atoms with van der Waals surface area (Å²) in [5.41, 5.74) is 0. The van der Waals surface area contributed by atoms with Gasteiger partial charge in [0.25, 0.3) is 0 Å². The van der Waals surface area contributed by atoms with E-state index < -0.39 is 14.7 Å². The van der Waals surface area contributed by atoms with Crippen molar-refractivity contribution in [1.29, 1.82) is 0 Å². The third-order valence-electron chi connectivity index (χ3n) is 3.04. The van der Waals surface area contributed by atoms with E-state index >= 15 is 0 Å². The van der Waals surface area contributed by atoms with Crippen LogP contribution >= 0.6 is 24.8 Å². The van der Waals surface area contributed by atoms with Gasteiger partial charge in [-0.05, 0) is 0 Å². The van der Waals surface area contributed by atoms with Crippen LogP contribution in [0.2, 0.25) is 0 Å². The van der Waals surface area contributed by atoms with E-state index in [2.05, 4.69) is 91.0 Å². The second-order valence-corrected chi connectivity index (χ2v) is 9.00. The molecule has 0 bridgehead atoms. The molecule has 0 heterocycles. The van der Waals surface area contributed by atoms with E-state index in [4.69, 9.17) is 0 Å². The van der Waals surface area contributed by atoms with Crippen molar-refractivity contribution in [2.75, 3.05) is 0 Å². The second-order valence-electron chi connectivity index (χ2n) is 4.34. The molecule has 0 fully saturated rings. The van der Waals surface area contributed by atoms with Crippen LogP contribution in [0.25, 0.3) is 0 Å². The molecule has 0 nitrogen and oxygen atoms in total. The average Bonchev–Trinajstić information content (AvgIpc) is 2.51. The van der Waals surface area contributed by atoms with Crippen molar-refractivity contribution in [2.45, 2.75) is 0 Å². The van der Waals surface area contributed by atoms with Crippen molar-refractivity contribution >= 4 is 52.5 Å². The Labute approximate surface area is 143 Å². The maximum atomic E-state index is 2.26. The monoisotopic (exact) mass is 378 g/mol. The van der Waals surface area contributed by atoms with Crippen molar-refractivity contribution in [1.82, 2.24) is 0 Å². The summed E-state index contributed by atoms with van der Waals surface area (Å²) < 4.78 is 4.44. The van der Waals surface area contributed by atoms with Crippen LogP contribution in [0.1, 0.15) is 0 Å². The molecule has 0 radical (unpaired) electrons. The Kier molecular flexibility index (Phi) is 7.60. The molecule has 3 aromatic carbocycles. The van der Waals surface area contributed by atoms with Crippen LogP contribution < -0.4 is 13.1 Å². The zero-order valence-electron chi connectivity index (χ0n) is 11.4. The Bertz CT molecular complexity index is 533. The van der Waals surface area contributed by atoms with E-state index in [9.17, 15) is 0 Å². The van der Waals surface area contributed by atoms with Gasteiger partial charge >= 0.3 is 119 Å². The molecular formula is C18H17AsCl2. The zero-order chi connectivity index (χ0) is 12.9. The molecule has 3 aromatic rings. The van der Waals surface area contributed by atoms with Gasteiger partial charge in [0.05, 0.1) is 0 Å². The summed E-state index contributed by atoms with van der Waals surface area (Å²) in [7, 11) is 0. The van der Waals surface area contributed by atoms with Gasteiger partial charge in [-0.2, -0.15) is 0 Å². The van der Waals surface area contributed by atoms with E-state index in [-0.39, 0.29) is 24.8 Å². The number of halogens is 2. The summed E-state index contributed by atoms with van der Waals surface area (Å²) in [6.07, 6.45) is 0. The summed E-state index contributed by atoms with van der Waals surface area (Å²) in [5.74, 6) is 0. The summed E-state index contributed by atoms with van der Waals surface area (Å²) in [5, 5.41) is 0. The number of benzene rings is 3. The molecule has 108 valence electrons. The van der Waals surface area contributed by atoms with Crippen LogP contribution in [0, 0.1) is 0 Å². The molecule has 0 aromatic heterocycles. The third-order valence-corrected chi connectivity index (χ3v) is 8.17. The first-order valence-corrected chi connectivity index (χ1v) is 9.22. The van der Waals surface area contributed by atoms with Gasteiger partial charge in [0.15, 0.2) is 0 Å². The van der Waals surface area contributed by atoms with E-state index in [0.717, 1.165) is 0 Å². The van der Waals surface area contributed by atoms with Crippen molar-refractivity contribution in [3.05, 3.63) is 91.0 Å². The molecule has 0 aliphatic heterocycles. The van der Waals surface area contributed by atoms with Gasteiger partial charge in [-0.3, -0.25) is 0 Å². The molecule has 0 aliphatic rings. The standard InChI is InChI=1S/C18H15As.2ClH/c1-4-10-16(11-5-1)19(17-12-6-2-7-13-17)18-14-8-3-9-15-18;;/h1-15H;2*1H. The number of hydrogen-bond donors (Lipinski definition) is 0. The summed E-state index contributed by atoms with van der Waals surface area (Å²) in [6.45, 7) is 0. The van der Waals surface area contributed by atoms with Crippen LogP contribution in [-0.4, -0.2) is 14.7 Å². The molecule has 3 rings (SSSR count). The summed E-state index contributed by atoms with van der Waals surface area (Å²) in [6, 6.07) is 32.7. The van der Waals surface area contributed by atoms with Gasteiger partial charge in [0.1, 0.15) is 0 Å². The van der Waals surface area contributed by atoms with E-state index in [1.807, 2.05) is 0 Å². The minimum absolute atomic E-state index is 0. The molecule has 0 amide bonds.